The average molecular weight is 659 g/mol. The van der Waals surface area contributed by atoms with Crippen molar-refractivity contribution in [3.63, 3.8) is 0 Å². The molecule has 0 nitrogen and oxygen atoms in total. The highest BCUT2D eigenvalue weighted by Gasteiger charge is 1.99. The summed E-state index contributed by atoms with van der Waals surface area (Å²) in [6, 6.07) is 62.4. The Hall–Kier alpha value is -4.68. The SMILES string of the molecule is C.CC.CC.CC.CC.CC.CC.c1ccc(-c2ccc(-c3ccccc3)cc2)cc1.c1ccc(-c2ccccc2)cc1.c1ccccc1. The molecule has 6 aromatic rings. The molecular weight excluding hydrogens is 589 g/mol. The molecule has 0 unspecified atom stereocenters. The maximum atomic E-state index is 2.18. The second kappa shape index (κ2) is 41.3. The Kier molecular flexibility index (Phi) is 43.2. The smallest absolute Gasteiger partial charge is 0.0184 e. The van der Waals surface area contributed by atoms with Gasteiger partial charge in [0.15, 0.2) is 0 Å². The Balaban J connectivity index is -0.000000284. The van der Waals surface area contributed by atoms with Gasteiger partial charge in [0.1, 0.15) is 0 Å². The first kappa shape index (κ1) is 51.2. The Morgan fingerprint density at radius 2 is 0.265 bits per heavy atom. The number of hydrogen-bond acceptors (Lipinski definition) is 0. The predicted molar refractivity (Wildman–Crippen MR) is 230 cm³/mol. The highest BCUT2D eigenvalue weighted by molar-refractivity contribution is 5.70. The molecule has 6 rings (SSSR count). The van der Waals surface area contributed by atoms with E-state index in [1.807, 2.05) is 144 Å². The molecule has 0 aromatic heterocycles. The summed E-state index contributed by atoms with van der Waals surface area (Å²) in [7, 11) is 0. The Bertz CT molecular complexity index is 1240. The van der Waals surface area contributed by atoms with Gasteiger partial charge in [0.2, 0.25) is 0 Å². The Morgan fingerprint density at radius 3 is 0.408 bits per heavy atom. The second-order valence-electron chi connectivity index (χ2n) is 8.20. The Morgan fingerprint density at radius 1 is 0.163 bits per heavy atom. The van der Waals surface area contributed by atoms with Crippen molar-refractivity contribution in [3.8, 4) is 33.4 Å². The van der Waals surface area contributed by atoms with Crippen LogP contribution in [0.2, 0.25) is 0 Å². The molecule has 0 aliphatic heterocycles. The highest BCUT2D eigenvalue weighted by Crippen LogP contribution is 2.24. The molecule has 0 heterocycles. The summed E-state index contributed by atoms with van der Waals surface area (Å²) in [6.07, 6.45) is 0. The lowest BCUT2D eigenvalue weighted by molar-refractivity contribution is 1.50. The Labute approximate surface area is 305 Å². The number of benzene rings is 6. The van der Waals surface area contributed by atoms with E-state index in [0.29, 0.717) is 0 Å². The van der Waals surface area contributed by atoms with Crippen molar-refractivity contribution in [1.29, 1.82) is 0 Å². The second-order valence-corrected chi connectivity index (χ2v) is 8.20. The summed E-state index contributed by atoms with van der Waals surface area (Å²) in [5.41, 5.74) is 7.59. The normalized spacial score (nSPS) is 7.84. The van der Waals surface area contributed by atoms with Gasteiger partial charge in [-0.05, 0) is 33.4 Å². The third-order valence-corrected chi connectivity index (χ3v) is 5.65. The summed E-state index contributed by atoms with van der Waals surface area (Å²) in [6.45, 7) is 24.0. The van der Waals surface area contributed by atoms with E-state index in [2.05, 4.69) is 121 Å². The standard InChI is InChI=1S/C18H14.C12H10.C6H6.6C2H6.CH4/c1-3-7-15(8-4-1)17-11-13-18(14-12-17)16-9-5-2-6-10-16;1-3-7-11(8-4-1)12-9-5-2-6-10-12;1-2-4-6-5-3-1;6*1-2;/h1-14H;1-10H;1-6H;6*1-2H3;1H4. The molecule has 0 heteroatoms. The van der Waals surface area contributed by atoms with Crippen LogP contribution in [-0.2, 0) is 0 Å². The zero-order valence-corrected chi connectivity index (χ0v) is 32.3. The molecule has 0 aliphatic carbocycles. The van der Waals surface area contributed by atoms with E-state index >= 15 is 0 Å². The molecule has 0 radical (unpaired) electrons. The minimum atomic E-state index is 0. The van der Waals surface area contributed by atoms with Gasteiger partial charge in [0, 0.05) is 0 Å². The minimum Gasteiger partial charge on any atom is -0.0776 e. The highest BCUT2D eigenvalue weighted by atomic mass is 14.0. The van der Waals surface area contributed by atoms with Crippen LogP contribution >= 0.6 is 0 Å². The molecule has 0 amide bonds. The van der Waals surface area contributed by atoms with Crippen LogP contribution in [0.5, 0.6) is 0 Å². The van der Waals surface area contributed by atoms with Gasteiger partial charge in [-0.1, -0.05) is 273 Å². The summed E-state index contributed by atoms with van der Waals surface area (Å²) in [5.74, 6) is 0. The summed E-state index contributed by atoms with van der Waals surface area (Å²) in [4.78, 5) is 0. The first-order valence-electron chi connectivity index (χ1n) is 18.2. The van der Waals surface area contributed by atoms with Crippen molar-refractivity contribution >= 4 is 0 Å². The molecule has 0 spiro atoms. The lowest BCUT2D eigenvalue weighted by atomic mass is 10.0. The molecule has 0 bridgehead atoms. The largest absolute Gasteiger partial charge is 0.0776 e. The molecule has 0 fully saturated rings. The number of rotatable bonds is 3. The lowest BCUT2D eigenvalue weighted by Crippen LogP contribution is -1.79. The van der Waals surface area contributed by atoms with Crippen molar-refractivity contribution in [3.05, 3.63) is 182 Å². The van der Waals surface area contributed by atoms with Crippen LogP contribution in [-0.4, -0.2) is 0 Å². The summed E-state index contributed by atoms with van der Waals surface area (Å²) < 4.78 is 0. The molecule has 0 saturated heterocycles. The summed E-state index contributed by atoms with van der Waals surface area (Å²) >= 11 is 0. The van der Waals surface area contributed by atoms with Crippen LogP contribution in [0.1, 0.15) is 90.5 Å². The van der Waals surface area contributed by atoms with E-state index < -0.39 is 0 Å². The molecule has 0 aliphatic rings. The van der Waals surface area contributed by atoms with Crippen molar-refractivity contribution in [2.45, 2.75) is 90.5 Å². The van der Waals surface area contributed by atoms with Gasteiger partial charge in [-0.3, -0.25) is 0 Å². The van der Waals surface area contributed by atoms with E-state index in [0.717, 1.165) is 0 Å². The molecule has 6 aromatic carbocycles. The zero-order valence-electron chi connectivity index (χ0n) is 32.3. The first-order valence-corrected chi connectivity index (χ1v) is 18.2. The van der Waals surface area contributed by atoms with Crippen LogP contribution in [0, 0.1) is 0 Å². The maximum Gasteiger partial charge on any atom is -0.0184 e. The predicted octanol–water partition coefficient (Wildman–Crippen LogP) is 16.9. The van der Waals surface area contributed by atoms with Crippen molar-refractivity contribution in [2.24, 2.45) is 0 Å². The van der Waals surface area contributed by atoms with E-state index in [-0.39, 0.29) is 7.43 Å². The molecule has 266 valence electrons. The van der Waals surface area contributed by atoms with Gasteiger partial charge < -0.3 is 0 Å². The lowest BCUT2D eigenvalue weighted by Gasteiger charge is -2.04. The van der Waals surface area contributed by atoms with Gasteiger partial charge >= 0.3 is 0 Å². The average Bonchev–Trinajstić information content (AvgIpc) is 3.25. The minimum absolute atomic E-state index is 0. The van der Waals surface area contributed by atoms with Crippen molar-refractivity contribution in [1.82, 2.24) is 0 Å². The molecule has 0 atom stereocenters. The van der Waals surface area contributed by atoms with Gasteiger partial charge in [-0.2, -0.15) is 0 Å². The van der Waals surface area contributed by atoms with Crippen LogP contribution in [0.3, 0.4) is 0 Å². The van der Waals surface area contributed by atoms with E-state index in [9.17, 15) is 0 Å². The zero-order chi connectivity index (χ0) is 36.7. The van der Waals surface area contributed by atoms with Crippen molar-refractivity contribution < 1.29 is 0 Å². The summed E-state index contributed by atoms with van der Waals surface area (Å²) in [5, 5.41) is 0. The third-order valence-electron chi connectivity index (χ3n) is 5.65. The van der Waals surface area contributed by atoms with Crippen LogP contribution < -0.4 is 0 Å². The van der Waals surface area contributed by atoms with Gasteiger partial charge in [0.05, 0.1) is 0 Å². The van der Waals surface area contributed by atoms with Gasteiger partial charge in [-0.25, -0.2) is 0 Å². The molecular formula is C49H70. The monoisotopic (exact) mass is 659 g/mol. The van der Waals surface area contributed by atoms with Crippen molar-refractivity contribution in [2.75, 3.05) is 0 Å². The fourth-order valence-corrected chi connectivity index (χ4v) is 3.76. The quantitative estimate of drug-likeness (QED) is 0.177. The number of hydrogen-bond donors (Lipinski definition) is 0. The molecule has 0 N–H and O–H groups in total. The molecule has 49 heavy (non-hydrogen) atoms. The van der Waals surface area contributed by atoms with E-state index in [1.54, 1.807) is 0 Å². The fraction of sp³-hybridized carbons (Fsp3) is 0.265. The molecule has 0 saturated carbocycles. The van der Waals surface area contributed by atoms with Gasteiger partial charge in [0.25, 0.3) is 0 Å². The van der Waals surface area contributed by atoms with E-state index in [1.165, 1.54) is 33.4 Å². The maximum absolute atomic E-state index is 2.18. The van der Waals surface area contributed by atoms with Crippen LogP contribution in [0.15, 0.2) is 182 Å². The topological polar surface area (TPSA) is 0 Å². The first-order chi connectivity index (χ1) is 23.9. The van der Waals surface area contributed by atoms with E-state index in [4.69, 9.17) is 0 Å². The fourth-order valence-electron chi connectivity index (χ4n) is 3.76. The van der Waals surface area contributed by atoms with Crippen LogP contribution in [0.25, 0.3) is 33.4 Å². The van der Waals surface area contributed by atoms with Gasteiger partial charge in [-0.15, -0.1) is 0 Å². The third kappa shape index (κ3) is 24.2. The van der Waals surface area contributed by atoms with Crippen LogP contribution in [0.4, 0.5) is 0 Å².